The van der Waals surface area contributed by atoms with Crippen molar-refractivity contribution < 1.29 is 4.79 Å². The fraction of sp³-hybridized carbons (Fsp3) is 0.417. The molecule has 0 aliphatic carbocycles. The van der Waals surface area contributed by atoms with Gasteiger partial charge in [0.15, 0.2) is 0 Å². The smallest absolute Gasteiger partial charge is 0.224 e. The lowest BCUT2D eigenvalue weighted by Gasteiger charge is -2.11. The highest BCUT2D eigenvalue weighted by atomic mass is 16.1. The molecule has 3 nitrogen and oxygen atoms in total. The second-order valence-corrected chi connectivity index (χ2v) is 4.19. The summed E-state index contributed by atoms with van der Waals surface area (Å²) >= 11 is 0. The van der Waals surface area contributed by atoms with Gasteiger partial charge in [-0.05, 0) is 24.5 Å². The number of rotatable bonds is 3. The maximum absolute atomic E-state index is 11.6. The van der Waals surface area contributed by atoms with Crippen molar-refractivity contribution >= 4 is 17.3 Å². The Balaban J connectivity index is 2.76. The van der Waals surface area contributed by atoms with Crippen molar-refractivity contribution in [3.63, 3.8) is 0 Å². The summed E-state index contributed by atoms with van der Waals surface area (Å²) in [7, 11) is 0. The van der Waals surface area contributed by atoms with E-state index in [2.05, 4.69) is 5.32 Å². The Kier molecular flexibility index (Phi) is 3.72. The SMILES string of the molecule is Cc1cccc(N)c1NC(=O)CC(C)C. The van der Waals surface area contributed by atoms with Crippen LogP contribution >= 0.6 is 0 Å². The van der Waals surface area contributed by atoms with E-state index in [1.54, 1.807) is 6.07 Å². The number of benzene rings is 1. The lowest BCUT2D eigenvalue weighted by atomic mass is 10.1. The highest BCUT2D eigenvalue weighted by Gasteiger charge is 2.08. The van der Waals surface area contributed by atoms with Crippen LogP contribution in [0.25, 0.3) is 0 Å². The molecular weight excluding hydrogens is 188 g/mol. The van der Waals surface area contributed by atoms with E-state index in [9.17, 15) is 4.79 Å². The zero-order chi connectivity index (χ0) is 11.4. The van der Waals surface area contributed by atoms with Crippen LogP contribution < -0.4 is 11.1 Å². The van der Waals surface area contributed by atoms with Crippen molar-refractivity contribution in [1.82, 2.24) is 0 Å². The molecule has 82 valence electrons. The largest absolute Gasteiger partial charge is 0.397 e. The quantitative estimate of drug-likeness (QED) is 0.747. The first-order valence-corrected chi connectivity index (χ1v) is 5.15. The van der Waals surface area contributed by atoms with E-state index in [0.717, 1.165) is 11.3 Å². The van der Waals surface area contributed by atoms with Gasteiger partial charge in [-0.25, -0.2) is 0 Å². The number of nitrogens with two attached hydrogens (primary N) is 1. The van der Waals surface area contributed by atoms with E-state index >= 15 is 0 Å². The number of hydrogen-bond donors (Lipinski definition) is 2. The van der Waals surface area contributed by atoms with Crippen LogP contribution in [0.1, 0.15) is 25.8 Å². The molecule has 0 aliphatic rings. The van der Waals surface area contributed by atoms with Crippen LogP contribution in [0.5, 0.6) is 0 Å². The number of para-hydroxylation sites is 1. The summed E-state index contributed by atoms with van der Waals surface area (Å²) in [4.78, 5) is 11.6. The number of nitrogens with one attached hydrogen (secondary N) is 1. The lowest BCUT2D eigenvalue weighted by molar-refractivity contribution is -0.116. The Labute approximate surface area is 90.7 Å². The summed E-state index contributed by atoms with van der Waals surface area (Å²) in [5.41, 5.74) is 8.14. The molecule has 0 heterocycles. The standard InChI is InChI=1S/C12H18N2O/c1-8(2)7-11(15)14-12-9(3)5-4-6-10(12)13/h4-6,8H,7,13H2,1-3H3,(H,14,15). The Hall–Kier alpha value is -1.51. The molecule has 1 amide bonds. The second kappa shape index (κ2) is 4.82. The molecule has 1 rings (SSSR count). The van der Waals surface area contributed by atoms with E-state index in [-0.39, 0.29) is 5.91 Å². The van der Waals surface area contributed by atoms with Crippen molar-refractivity contribution in [2.24, 2.45) is 5.92 Å². The van der Waals surface area contributed by atoms with Gasteiger partial charge < -0.3 is 11.1 Å². The van der Waals surface area contributed by atoms with Crippen LogP contribution in [-0.4, -0.2) is 5.91 Å². The van der Waals surface area contributed by atoms with Crippen molar-refractivity contribution in [2.75, 3.05) is 11.1 Å². The molecular formula is C12H18N2O. The number of aryl methyl sites for hydroxylation is 1. The number of carbonyl (C=O) groups excluding carboxylic acids is 1. The minimum Gasteiger partial charge on any atom is -0.397 e. The van der Waals surface area contributed by atoms with Gasteiger partial charge in [0.05, 0.1) is 11.4 Å². The van der Waals surface area contributed by atoms with E-state index in [4.69, 9.17) is 5.73 Å². The average Bonchev–Trinajstić information content (AvgIpc) is 2.10. The third kappa shape index (κ3) is 3.27. The number of carbonyl (C=O) groups is 1. The molecule has 0 aromatic heterocycles. The van der Waals surface area contributed by atoms with E-state index in [1.807, 2.05) is 32.9 Å². The zero-order valence-corrected chi connectivity index (χ0v) is 9.50. The average molecular weight is 206 g/mol. The van der Waals surface area contributed by atoms with Gasteiger partial charge in [-0.2, -0.15) is 0 Å². The molecule has 0 spiro atoms. The van der Waals surface area contributed by atoms with Crippen LogP contribution in [-0.2, 0) is 4.79 Å². The molecule has 0 unspecified atom stereocenters. The monoisotopic (exact) mass is 206 g/mol. The predicted octanol–water partition coefficient (Wildman–Crippen LogP) is 2.56. The predicted molar refractivity (Wildman–Crippen MR) is 63.7 cm³/mol. The van der Waals surface area contributed by atoms with Crippen molar-refractivity contribution in [2.45, 2.75) is 27.2 Å². The van der Waals surface area contributed by atoms with Crippen LogP contribution in [0.15, 0.2) is 18.2 Å². The second-order valence-electron chi connectivity index (χ2n) is 4.19. The number of nitrogen functional groups attached to an aromatic ring is 1. The Morgan fingerprint density at radius 1 is 1.47 bits per heavy atom. The van der Waals surface area contributed by atoms with Crippen LogP contribution in [0, 0.1) is 12.8 Å². The fourth-order valence-corrected chi connectivity index (χ4v) is 1.42. The molecule has 0 radical (unpaired) electrons. The van der Waals surface area contributed by atoms with E-state index in [0.29, 0.717) is 18.0 Å². The van der Waals surface area contributed by atoms with E-state index in [1.165, 1.54) is 0 Å². The van der Waals surface area contributed by atoms with Gasteiger partial charge in [-0.1, -0.05) is 26.0 Å². The summed E-state index contributed by atoms with van der Waals surface area (Å²) in [5, 5.41) is 2.85. The summed E-state index contributed by atoms with van der Waals surface area (Å²) in [6, 6.07) is 5.60. The number of anilines is 2. The fourth-order valence-electron chi connectivity index (χ4n) is 1.42. The molecule has 0 bridgehead atoms. The van der Waals surface area contributed by atoms with Crippen LogP contribution in [0.3, 0.4) is 0 Å². The van der Waals surface area contributed by atoms with Crippen molar-refractivity contribution in [1.29, 1.82) is 0 Å². The van der Waals surface area contributed by atoms with Crippen molar-refractivity contribution in [3.05, 3.63) is 23.8 Å². The summed E-state index contributed by atoms with van der Waals surface area (Å²) in [5.74, 6) is 0.376. The normalized spacial score (nSPS) is 10.4. The minimum absolute atomic E-state index is 0.0194. The zero-order valence-electron chi connectivity index (χ0n) is 9.50. The molecule has 1 aromatic carbocycles. The molecule has 0 atom stereocenters. The lowest BCUT2D eigenvalue weighted by Crippen LogP contribution is -2.15. The summed E-state index contributed by atoms with van der Waals surface area (Å²) in [6.45, 7) is 5.96. The van der Waals surface area contributed by atoms with Gasteiger partial charge in [-0.3, -0.25) is 4.79 Å². The summed E-state index contributed by atoms with van der Waals surface area (Å²) in [6.07, 6.45) is 0.522. The Bertz CT molecular complexity index is 338. The first-order chi connectivity index (χ1) is 7.00. The summed E-state index contributed by atoms with van der Waals surface area (Å²) < 4.78 is 0. The van der Waals surface area contributed by atoms with Gasteiger partial charge in [0.2, 0.25) is 5.91 Å². The third-order valence-electron chi connectivity index (χ3n) is 2.16. The highest BCUT2D eigenvalue weighted by Crippen LogP contribution is 2.22. The highest BCUT2D eigenvalue weighted by molar-refractivity contribution is 5.94. The minimum atomic E-state index is 0.0194. The van der Waals surface area contributed by atoms with Gasteiger partial charge in [0.25, 0.3) is 0 Å². The molecule has 15 heavy (non-hydrogen) atoms. The van der Waals surface area contributed by atoms with Crippen LogP contribution in [0.4, 0.5) is 11.4 Å². The van der Waals surface area contributed by atoms with Gasteiger partial charge >= 0.3 is 0 Å². The molecule has 0 aliphatic heterocycles. The molecule has 0 fully saturated rings. The maximum atomic E-state index is 11.6. The third-order valence-corrected chi connectivity index (χ3v) is 2.16. The van der Waals surface area contributed by atoms with E-state index < -0.39 is 0 Å². The Morgan fingerprint density at radius 2 is 2.13 bits per heavy atom. The molecule has 3 N–H and O–H groups in total. The topological polar surface area (TPSA) is 55.1 Å². The number of amides is 1. The van der Waals surface area contributed by atoms with Crippen LogP contribution in [0.2, 0.25) is 0 Å². The van der Waals surface area contributed by atoms with Gasteiger partial charge in [0, 0.05) is 6.42 Å². The maximum Gasteiger partial charge on any atom is 0.224 e. The molecule has 1 aromatic rings. The Morgan fingerprint density at radius 3 is 2.67 bits per heavy atom. The van der Waals surface area contributed by atoms with Crippen molar-refractivity contribution in [3.8, 4) is 0 Å². The molecule has 0 saturated heterocycles. The van der Waals surface area contributed by atoms with Gasteiger partial charge in [-0.15, -0.1) is 0 Å². The first-order valence-electron chi connectivity index (χ1n) is 5.15. The molecule has 0 saturated carbocycles. The first kappa shape index (κ1) is 11.6. The molecule has 3 heteroatoms. The number of hydrogen-bond acceptors (Lipinski definition) is 2. The van der Waals surface area contributed by atoms with Gasteiger partial charge in [0.1, 0.15) is 0 Å².